The molecule has 0 aromatic carbocycles. The topological polar surface area (TPSA) is 84.6 Å². The zero-order valence-corrected chi connectivity index (χ0v) is 17.9. The van der Waals surface area contributed by atoms with Gasteiger partial charge in [0, 0.05) is 37.8 Å². The first-order valence-corrected chi connectivity index (χ1v) is 9.64. The Balaban J connectivity index is 0.00000150. The minimum atomic E-state index is -0.167. The molecular weight excluding hydrogens is 420 g/mol. The SMILES string of the molecule is Cl.Cl.NC/C(=C\F)COc1cnc(N2CCC3(CC2)CCN(C2CC2)C3=O)nc1. The van der Waals surface area contributed by atoms with Gasteiger partial charge in [-0.05, 0) is 32.1 Å². The monoisotopic (exact) mass is 447 g/mol. The highest BCUT2D eigenvalue weighted by atomic mass is 35.5. The molecule has 29 heavy (non-hydrogen) atoms. The average Bonchev–Trinajstić information content (AvgIpc) is 3.50. The molecule has 0 bridgehead atoms. The summed E-state index contributed by atoms with van der Waals surface area (Å²) < 4.78 is 17.9. The van der Waals surface area contributed by atoms with E-state index in [-0.39, 0.29) is 43.4 Å². The van der Waals surface area contributed by atoms with Gasteiger partial charge in [0.25, 0.3) is 0 Å². The number of ether oxygens (including phenoxy) is 1. The number of aromatic nitrogens is 2. The molecule has 7 nitrogen and oxygen atoms in total. The second-order valence-electron chi connectivity index (χ2n) is 7.73. The summed E-state index contributed by atoms with van der Waals surface area (Å²) in [7, 11) is 0. The van der Waals surface area contributed by atoms with Gasteiger partial charge in [-0.3, -0.25) is 4.79 Å². The molecule has 3 aliphatic rings. The standard InChI is InChI=1S/C19H26FN5O2.2ClH/c20-9-14(10-21)13-27-16-11-22-18(23-12-16)24-6-3-19(4-7-24)5-8-25(17(19)26)15-1-2-15;;/h9,11-12,15H,1-8,10,13,21H2;2*1H/b14-9+;;. The number of carbonyl (C=O) groups excluding carboxylic acids is 1. The summed E-state index contributed by atoms with van der Waals surface area (Å²) >= 11 is 0. The number of anilines is 1. The van der Waals surface area contributed by atoms with E-state index in [2.05, 4.69) is 19.8 Å². The molecule has 0 radical (unpaired) electrons. The van der Waals surface area contributed by atoms with Gasteiger partial charge in [-0.25, -0.2) is 14.4 Å². The Bertz CT molecular complexity index is 722. The van der Waals surface area contributed by atoms with E-state index in [9.17, 15) is 9.18 Å². The predicted molar refractivity (Wildman–Crippen MR) is 114 cm³/mol. The molecule has 162 valence electrons. The number of nitrogens with two attached hydrogens (primary N) is 1. The summed E-state index contributed by atoms with van der Waals surface area (Å²) in [5.74, 6) is 1.48. The Kier molecular flexibility index (Phi) is 8.08. The van der Waals surface area contributed by atoms with Crippen LogP contribution in [0.5, 0.6) is 5.75 Å². The minimum absolute atomic E-state index is 0. The van der Waals surface area contributed by atoms with Crippen LogP contribution >= 0.6 is 24.8 Å². The van der Waals surface area contributed by atoms with E-state index in [4.69, 9.17) is 10.5 Å². The Hall–Kier alpha value is -1.64. The van der Waals surface area contributed by atoms with Crippen LogP contribution < -0.4 is 15.4 Å². The lowest BCUT2D eigenvalue weighted by atomic mass is 9.77. The molecule has 1 aromatic heterocycles. The molecule has 4 rings (SSSR count). The first kappa shape index (κ1) is 23.6. The largest absolute Gasteiger partial charge is 0.486 e. The Morgan fingerprint density at radius 3 is 2.38 bits per heavy atom. The molecule has 3 fully saturated rings. The maximum atomic E-state index is 12.8. The zero-order chi connectivity index (χ0) is 18.9. The molecule has 2 saturated heterocycles. The molecule has 3 heterocycles. The highest BCUT2D eigenvalue weighted by Crippen LogP contribution is 2.45. The first-order chi connectivity index (χ1) is 13.1. The summed E-state index contributed by atoms with van der Waals surface area (Å²) in [4.78, 5) is 25.8. The van der Waals surface area contributed by atoms with Crippen LogP contribution in [-0.4, -0.2) is 59.6 Å². The highest BCUT2D eigenvalue weighted by Gasteiger charge is 2.51. The van der Waals surface area contributed by atoms with E-state index in [1.54, 1.807) is 12.4 Å². The zero-order valence-electron chi connectivity index (χ0n) is 16.3. The normalized spacial score (nSPS) is 21.0. The first-order valence-electron chi connectivity index (χ1n) is 9.64. The summed E-state index contributed by atoms with van der Waals surface area (Å²) in [5.41, 5.74) is 5.61. The second kappa shape index (κ2) is 9.91. The Morgan fingerprint density at radius 1 is 1.21 bits per heavy atom. The number of hydrogen-bond acceptors (Lipinski definition) is 6. The van der Waals surface area contributed by atoms with E-state index in [0.29, 0.717) is 35.5 Å². The van der Waals surface area contributed by atoms with Crippen LogP contribution in [0, 0.1) is 5.41 Å². The number of hydrogen-bond donors (Lipinski definition) is 1. The molecular formula is C19H28Cl2FN5O2. The van der Waals surface area contributed by atoms with Crippen LogP contribution in [0.4, 0.5) is 10.3 Å². The van der Waals surface area contributed by atoms with E-state index in [1.165, 1.54) is 12.8 Å². The molecule has 1 aliphatic carbocycles. The molecule has 10 heteroatoms. The van der Waals surface area contributed by atoms with Crippen molar-refractivity contribution in [2.75, 3.05) is 37.7 Å². The number of carbonyl (C=O) groups is 1. The van der Waals surface area contributed by atoms with Gasteiger partial charge in [0.05, 0.1) is 24.1 Å². The van der Waals surface area contributed by atoms with Crippen molar-refractivity contribution in [3.63, 3.8) is 0 Å². The van der Waals surface area contributed by atoms with E-state index in [0.717, 1.165) is 38.9 Å². The summed E-state index contributed by atoms with van der Waals surface area (Å²) in [6.45, 7) is 2.69. The van der Waals surface area contributed by atoms with Crippen molar-refractivity contribution in [2.24, 2.45) is 11.1 Å². The quantitative estimate of drug-likeness (QED) is 0.720. The molecule has 1 spiro atoms. The van der Waals surface area contributed by atoms with Crippen LogP contribution in [-0.2, 0) is 4.79 Å². The maximum absolute atomic E-state index is 12.8. The van der Waals surface area contributed by atoms with Crippen molar-refractivity contribution in [3.8, 4) is 5.75 Å². The smallest absolute Gasteiger partial charge is 0.229 e. The van der Waals surface area contributed by atoms with Gasteiger partial charge in [-0.15, -0.1) is 24.8 Å². The molecule has 0 atom stereocenters. The van der Waals surface area contributed by atoms with E-state index >= 15 is 0 Å². The van der Waals surface area contributed by atoms with Gasteiger partial charge in [0.1, 0.15) is 6.61 Å². The number of nitrogens with zero attached hydrogens (tertiary/aromatic N) is 4. The molecule has 0 unspecified atom stereocenters. The van der Waals surface area contributed by atoms with Gasteiger partial charge in [0.15, 0.2) is 5.75 Å². The third-order valence-corrected chi connectivity index (χ3v) is 5.99. The number of piperidine rings is 1. The van der Waals surface area contributed by atoms with Crippen molar-refractivity contribution < 1.29 is 13.9 Å². The molecule has 2 aliphatic heterocycles. The van der Waals surface area contributed by atoms with Crippen molar-refractivity contribution in [1.29, 1.82) is 0 Å². The number of halogens is 3. The maximum Gasteiger partial charge on any atom is 0.229 e. The lowest BCUT2D eigenvalue weighted by Gasteiger charge is -2.38. The van der Waals surface area contributed by atoms with Gasteiger partial charge in [-0.2, -0.15) is 0 Å². The fraction of sp³-hybridized carbons (Fsp3) is 0.632. The van der Waals surface area contributed by atoms with Crippen LogP contribution in [0.15, 0.2) is 24.3 Å². The fourth-order valence-electron chi connectivity index (χ4n) is 4.04. The second-order valence-corrected chi connectivity index (χ2v) is 7.73. The minimum Gasteiger partial charge on any atom is -0.486 e. The lowest BCUT2D eigenvalue weighted by molar-refractivity contribution is -0.137. The molecule has 1 saturated carbocycles. The molecule has 1 aromatic rings. The summed E-state index contributed by atoms with van der Waals surface area (Å²) in [6.07, 6.45) is 8.69. The Labute approximate surface area is 182 Å². The highest BCUT2D eigenvalue weighted by molar-refractivity contribution is 5.86. The average molecular weight is 448 g/mol. The predicted octanol–water partition coefficient (Wildman–Crippen LogP) is 2.49. The number of rotatable bonds is 6. The third kappa shape index (κ3) is 4.92. The van der Waals surface area contributed by atoms with Crippen molar-refractivity contribution in [1.82, 2.24) is 14.9 Å². The summed E-state index contributed by atoms with van der Waals surface area (Å²) in [6, 6.07) is 0.512. The number of likely N-dealkylation sites (tertiary alicyclic amines) is 1. The number of amides is 1. The molecule has 2 N–H and O–H groups in total. The van der Waals surface area contributed by atoms with Crippen LogP contribution in [0.1, 0.15) is 32.1 Å². The van der Waals surface area contributed by atoms with Crippen molar-refractivity contribution >= 4 is 36.7 Å². The lowest BCUT2D eigenvalue weighted by Crippen LogP contribution is -2.45. The third-order valence-electron chi connectivity index (χ3n) is 5.99. The van der Waals surface area contributed by atoms with Crippen LogP contribution in [0.3, 0.4) is 0 Å². The van der Waals surface area contributed by atoms with E-state index < -0.39 is 0 Å². The summed E-state index contributed by atoms with van der Waals surface area (Å²) in [5, 5.41) is 0. The molecule has 1 amide bonds. The van der Waals surface area contributed by atoms with Crippen LogP contribution in [0.25, 0.3) is 0 Å². The van der Waals surface area contributed by atoms with E-state index in [1.807, 2.05) is 0 Å². The van der Waals surface area contributed by atoms with Gasteiger partial charge in [-0.1, -0.05) is 0 Å². The Morgan fingerprint density at radius 2 is 1.83 bits per heavy atom. The van der Waals surface area contributed by atoms with Gasteiger partial charge in [0.2, 0.25) is 11.9 Å². The fourth-order valence-corrected chi connectivity index (χ4v) is 4.04. The van der Waals surface area contributed by atoms with Gasteiger partial charge >= 0.3 is 0 Å². The van der Waals surface area contributed by atoms with Gasteiger partial charge < -0.3 is 20.3 Å². The van der Waals surface area contributed by atoms with Crippen LogP contribution in [0.2, 0.25) is 0 Å². The van der Waals surface area contributed by atoms with Crippen molar-refractivity contribution in [2.45, 2.75) is 38.1 Å². The van der Waals surface area contributed by atoms with Crippen molar-refractivity contribution in [3.05, 3.63) is 24.3 Å².